The number of ether oxygens (including phenoxy) is 1. The van der Waals surface area contributed by atoms with E-state index in [1.54, 1.807) is 7.11 Å². The van der Waals surface area contributed by atoms with Crippen molar-refractivity contribution in [1.82, 2.24) is 10.2 Å². The van der Waals surface area contributed by atoms with Crippen LogP contribution in [0.2, 0.25) is 5.02 Å². The summed E-state index contributed by atoms with van der Waals surface area (Å²) >= 11 is 6.04. The summed E-state index contributed by atoms with van der Waals surface area (Å²) in [5.41, 5.74) is 1.01. The van der Waals surface area contributed by atoms with E-state index in [4.69, 9.17) is 16.3 Å². The molecule has 1 fully saturated rings. The van der Waals surface area contributed by atoms with Crippen molar-refractivity contribution in [3.8, 4) is 0 Å². The van der Waals surface area contributed by atoms with Gasteiger partial charge in [0.05, 0.1) is 12.6 Å². The lowest BCUT2D eigenvalue weighted by Gasteiger charge is -2.22. The van der Waals surface area contributed by atoms with E-state index >= 15 is 0 Å². The third-order valence-corrected chi connectivity index (χ3v) is 3.94. The molecule has 0 amide bonds. The number of guanidine groups is 1. The van der Waals surface area contributed by atoms with Gasteiger partial charge in [0.1, 0.15) is 6.10 Å². The fourth-order valence-corrected chi connectivity index (χ4v) is 2.75. The van der Waals surface area contributed by atoms with Crippen LogP contribution in [0.1, 0.15) is 25.0 Å². The van der Waals surface area contributed by atoms with Gasteiger partial charge in [0.25, 0.3) is 0 Å². The van der Waals surface area contributed by atoms with E-state index in [-0.39, 0.29) is 36.2 Å². The third kappa shape index (κ3) is 6.10. The zero-order valence-electron chi connectivity index (χ0n) is 13.5. The first-order valence-corrected chi connectivity index (χ1v) is 8.01. The Labute approximate surface area is 160 Å². The minimum Gasteiger partial charge on any atom is -0.391 e. The minimum absolute atomic E-state index is 0. The zero-order valence-corrected chi connectivity index (χ0v) is 16.6. The summed E-state index contributed by atoms with van der Waals surface area (Å²) in [4.78, 5) is 6.74. The van der Waals surface area contributed by atoms with E-state index in [0.717, 1.165) is 31.0 Å². The smallest absolute Gasteiger partial charge is 0.194 e. The van der Waals surface area contributed by atoms with E-state index in [9.17, 15) is 5.11 Å². The van der Waals surface area contributed by atoms with Crippen molar-refractivity contribution >= 4 is 41.5 Å². The van der Waals surface area contributed by atoms with Gasteiger partial charge in [0.15, 0.2) is 5.96 Å². The van der Waals surface area contributed by atoms with Gasteiger partial charge in [-0.1, -0.05) is 23.7 Å². The first-order valence-electron chi connectivity index (χ1n) is 7.63. The fourth-order valence-electron chi connectivity index (χ4n) is 2.55. The summed E-state index contributed by atoms with van der Waals surface area (Å²) in [5.74, 6) is 0.822. The predicted molar refractivity (Wildman–Crippen MR) is 105 cm³/mol. The van der Waals surface area contributed by atoms with E-state index in [2.05, 4.69) is 15.2 Å². The van der Waals surface area contributed by atoms with Crippen LogP contribution in [0.15, 0.2) is 29.3 Å². The molecule has 1 unspecified atom stereocenters. The number of hydrogen-bond acceptors (Lipinski definition) is 3. The molecule has 0 radical (unpaired) electrons. The summed E-state index contributed by atoms with van der Waals surface area (Å²) < 4.78 is 5.54. The topological polar surface area (TPSA) is 57.1 Å². The molecule has 0 saturated carbocycles. The lowest BCUT2D eigenvalue weighted by Crippen LogP contribution is -2.40. The quantitative estimate of drug-likeness (QED) is 0.409. The highest BCUT2D eigenvalue weighted by Crippen LogP contribution is 2.21. The van der Waals surface area contributed by atoms with E-state index in [1.807, 2.05) is 31.2 Å². The van der Waals surface area contributed by atoms with Crippen LogP contribution in [0.3, 0.4) is 0 Å². The molecule has 5 nitrogen and oxygen atoms in total. The molecule has 1 saturated heterocycles. The number of aliphatic imine (C=N–C) groups is 1. The Balaban J connectivity index is 0.00000264. The molecule has 0 aromatic heterocycles. The number of aliphatic hydroxyl groups excluding tert-OH is 1. The van der Waals surface area contributed by atoms with Crippen molar-refractivity contribution in [2.24, 2.45) is 4.99 Å². The average molecular weight is 454 g/mol. The number of aliphatic hydroxyl groups is 1. The van der Waals surface area contributed by atoms with Crippen molar-refractivity contribution < 1.29 is 9.84 Å². The SMILES string of the molecule is CCNC(=NCC(OC)c1cccc(Cl)c1)N1CC[C@@H](O)C1.I. The highest BCUT2D eigenvalue weighted by Gasteiger charge is 2.23. The number of halogens is 2. The van der Waals surface area contributed by atoms with Crippen LogP contribution in [0.25, 0.3) is 0 Å². The van der Waals surface area contributed by atoms with Crippen LogP contribution in [-0.2, 0) is 4.74 Å². The Morgan fingerprint density at radius 1 is 1.57 bits per heavy atom. The molecule has 23 heavy (non-hydrogen) atoms. The number of nitrogens with zero attached hydrogens (tertiary/aromatic N) is 2. The van der Waals surface area contributed by atoms with E-state index in [0.29, 0.717) is 18.1 Å². The van der Waals surface area contributed by atoms with Crippen LogP contribution < -0.4 is 5.32 Å². The summed E-state index contributed by atoms with van der Waals surface area (Å²) in [6.07, 6.45) is 0.377. The molecule has 1 aromatic carbocycles. The average Bonchev–Trinajstić information content (AvgIpc) is 2.93. The number of hydrogen-bond donors (Lipinski definition) is 2. The van der Waals surface area contributed by atoms with E-state index in [1.165, 1.54) is 0 Å². The monoisotopic (exact) mass is 453 g/mol. The molecule has 2 atom stereocenters. The molecule has 2 N–H and O–H groups in total. The number of nitrogens with one attached hydrogen (secondary N) is 1. The van der Waals surface area contributed by atoms with Gasteiger partial charge in [-0.25, -0.2) is 0 Å². The van der Waals surface area contributed by atoms with Crippen LogP contribution in [0.4, 0.5) is 0 Å². The van der Waals surface area contributed by atoms with Crippen molar-refractivity contribution in [2.45, 2.75) is 25.6 Å². The summed E-state index contributed by atoms with van der Waals surface area (Å²) in [6, 6.07) is 7.64. The van der Waals surface area contributed by atoms with Gasteiger partial charge in [-0.05, 0) is 31.0 Å². The van der Waals surface area contributed by atoms with Crippen molar-refractivity contribution in [2.75, 3.05) is 33.3 Å². The molecule has 2 rings (SSSR count). The Hall–Kier alpha value is -0.570. The maximum absolute atomic E-state index is 9.69. The number of β-amino-alcohol motifs (C(OH)–C–C–N with tert-alkyl or cyclic N) is 1. The van der Waals surface area contributed by atoms with Gasteiger partial charge >= 0.3 is 0 Å². The van der Waals surface area contributed by atoms with E-state index < -0.39 is 0 Å². The highest BCUT2D eigenvalue weighted by atomic mass is 127. The number of likely N-dealkylation sites (tertiary alicyclic amines) is 1. The lowest BCUT2D eigenvalue weighted by molar-refractivity contribution is 0.110. The molecular formula is C16H25ClIN3O2. The normalized spacial score (nSPS) is 19.4. The van der Waals surface area contributed by atoms with Crippen molar-refractivity contribution in [1.29, 1.82) is 0 Å². The van der Waals surface area contributed by atoms with Gasteiger partial charge < -0.3 is 20.1 Å². The molecular weight excluding hydrogens is 429 g/mol. The second kappa shape index (κ2) is 10.3. The first kappa shape index (κ1) is 20.5. The Morgan fingerprint density at radius 2 is 2.35 bits per heavy atom. The third-order valence-electron chi connectivity index (χ3n) is 3.71. The minimum atomic E-state index is -0.269. The van der Waals surface area contributed by atoms with Crippen LogP contribution in [0.5, 0.6) is 0 Å². The highest BCUT2D eigenvalue weighted by molar-refractivity contribution is 14.0. The predicted octanol–water partition coefficient (Wildman–Crippen LogP) is 2.68. The summed E-state index contributed by atoms with van der Waals surface area (Å²) in [6.45, 7) is 4.78. The lowest BCUT2D eigenvalue weighted by atomic mass is 10.1. The number of methoxy groups -OCH3 is 1. The molecule has 0 spiro atoms. The summed E-state index contributed by atoms with van der Waals surface area (Å²) in [5, 5.41) is 13.6. The Kier molecular flexibility index (Phi) is 9.19. The van der Waals surface area contributed by atoms with Gasteiger partial charge in [0.2, 0.25) is 0 Å². The first-order chi connectivity index (χ1) is 10.6. The largest absolute Gasteiger partial charge is 0.391 e. The molecule has 1 aliphatic rings. The molecule has 1 aliphatic heterocycles. The maximum atomic E-state index is 9.69. The van der Waals surface area contributed by atoms with Gasteiger partial charge in [-0.2, -0.15) is 0 Å². The van der Waals surface area contributed by atoms with Crippen molar-refractivity contribution in [3.05, 3.63) is 34.9 Å². The van der Waals surface area contributed by atoms with Crippen LogP contribution >= 0.6 is 35.6 Å². The van der Waals surface area contributed by atoms with Gasteiger partial charge in [0, 0.05) is 31.8 Å². The van der Waals surface area contributed by atoms with Crippen LogP contribution in [-0.4, -0.2) is 55.4 Å². The van der Waals surface area contributed by atoms with Crippen LogP contribution in [0, 0.1) is 0 Å². The summed E-state index contributed by atoms with van der Waals surface area (Å²) in [7, 11) is 1.67. The number of benzene rings is 1. The molecule has 0 bridgehead atoms. The second-order valence-electron chi connectivity index (χ2n) is 5.36. The molecule has 7 heteroatoms. The molecule has 0 aliphatic carbocycles. The fraction of sp³-hybridized carbons (Fsp3) is 0.562. The zero-order chi connectivity index (χ0) is 15.9. The molecule has 1 aromatic rings. The molecule has 130 valence electrons. The van der Waals surface area contributed by atoms with Crippen molar-refractivity contribution in [3.63, 3.8) is 0 Å². The Morgan fingerprint density at radius 3 is 2.91 bits per heavy atom. The molecule has 1 heterocycles. The second-order valence-corrected chi connectivity index (χ2v) is 5.80. The maximum Gasteiger partial charge on any atom is 0.194 e. The number of rotatable bonds is 5. The van der Waals surface area contributed by atoms with Gasteiger partial charge in [-0.15, -0.1) is 24.0 Å². The van der Waals surface area contributed by atoms with Gasteiger partial charge in [-0.3, -0.25) is 4.99 Å². The Bertz CT molecular complexity index is 516. The standard InChI is InChI=1S/C16H24ClN3O2.HI/c1-3-18-16(20-8-7-14(21)11-20)19-10-15(22-2)12-5-4-6-13(17)9-12;/h4-6,9,14-15,21H,3,7-8,10-11H2,1-2H3,(H,18,19);1H/t14-,15?;/m1./s1.